The van der Waals surface area contributed by atoms with Crippen molar-refractivity contribution >= 4 is 17.1 Å². The molecule has 2 heteroatoms. The van der Waals surface area contributed by atoms with E-state index in [1.807, 2.05) is 0 Å². The molecular formula is C48H33NO. The second kappa shape index (κ2) is 12.8. The monoisotopic (exact) mass is 639 g/mol. The highest BCUT2D eigenvalue weighted by Crippen LogP contribution is 2.55. The van der Waals surface area contributed by atoms with Crippen molar-refractivity contribution in [2.75, 3.05) is 4.90 Å². The Morgan fingerprint density at radius 1 is 0.300 bits per heavy atom. The molecule has 0 aromatic heterocycles. The first-order valence-electron chi connectivity index (χ1n) is 17.0. The van der Waals surface area contributed by atoms with Crippen LogP contribution in [0.2, 0.25) is 0 Å². The van der Waals surface area contributed by atoms with Crippen molar-refractivity contribution in [2.24, 2.45) is 0 Å². The van der Waals surface area contributed by atoms with Crippen molar-refractivity contribution in [2.45, 2.75) is 0 Å². The molecule has 0 spiro atoms. The molecule has 0 atom stereocenters. The number of hydrogen-bond donors (Lipinski definition) is 0. The van der Waals surface area contributed by atoms with E-state index in [0.29, 0.717) is 0 Å². The second-order valence-corrected chi connectivity index (χ2v) is 12.5. The molecule has 0 saturated carbocycles. The lowest BCUT2D eigenvalue weighted by molar-refractivity contribution is 0.489. The molecule has 8 aromatic rings. The fourth-order valence-electron chi connectivity index (χ4n) is 7.18. The van der Waals surface area contributed by atoms with Crippen molar-refractivity contribution < 1.29 is 4.74 Å². The van der Waals surface area contributed by atoms with Crippen LogP contribution >= 0.6 is 0 Å². The number of anilines is 3. The van der Waals surface area contributed by atoms with Gasteiger partial charge in [0.1, 0.15) is 11.5 Å². The molecule has 1 heterocycles. The van der Waals surface area contributed by atoms with Crippen LogP contribution in [0, 0.1) is 0 Å². The van der Waals surface area contributed by atoms with Gasteiger partial charge in [0.15, 0.2) is 0 Å². The number of ether oxygens (including phenoxy) is 1. The molecule has 236 valence electrons. The highest BCUT2D eigenvalue weighted by molar-refractivity contribution is 6.01. The van der Waals surface area contributed by atoms with E-state index in [9.17, 15) is 0 Å². The number of fused-ring (bicyclic) bond motifs is 5. The summed E-state index contributed by atoms with van der Waals surface area (Å²) in [6.07, 6.45) is 0. The summed E-state index contributed by atoms with van der Waals surface area (Å²) in [6, 6.07) is 70.9. The molecule has 2 nitrogen and oxygen atoms in total. The lowest BCUT2D eigenvalue weighted by atomic mass is 9.91. The largest absolute Gasteiger partial charge is 0.455 e. The van der Waals surface area contributed by atoms with Crippen LogP contribution in [0.4, 0.5) is 17.1 Å². The Morgan fingerprint density at radius 2 is 0.780 bits per heavy atom. The average Bonchev–Trinajstić information content (AvgIpc) is 3.34. The van der Waals surface area contributed by atoms with Crippen LogP contribution in [0.3, 0.4) is 0 Å². The molecule has 0 saturated heterocycles. The predicted octanol–water partition coefficient (Wildman–Crippen LogP) is 13.6. The molecular weight excluding hydrogens is 607 g/mol. The molecule has 8 aromatic carbocycles. The molecule has 0 radical (unpaired) electrons. The van der Waals surface area contributed by atoms with Crippen LogP contribution in [0.15, 0.2) is 200 Å². The summed E-state index contributed by atoms with van der Waals surface area (Å²) in [7, 11) is 0. The predicted molar refractivity (Wildman–Crippen MR) is 208 cm³/mol. The lowest BCUT2D eigenvalue weighted by Crippen LogP contribution is -2.12. The van der Waals surface area contributed by atoms with Crippen molar-refractivity contribution in [1.82, 2.24) is 0 Å². The summed E-state index contributed by atoms with van der Waals surface area (Å²) in [4.78, 5) is 2.39. The summed E-state index contributed by atoms with van der Waals surface area (Å²) in [6.45, 7) is 0. The summed E-state index contributed by atoms with van der Waals surface area (Å²) in [5, 5.41) is 0. The Bertz CT molecular complexity index is 2430. The Hall–Kier alpha value is -6.64. The van der Waals surface area contributed by atoms with Crippen molar-refractivity contribution in [3.05, 3.63) is 200 Å². The standard InChI is InChI=1S/C48H33NO/c1-4-16-34(17-5-1)35-30-32-38(33-31-35)49(44-27-13-12-22-39(44)36-18-6-2-7-19-36)45-28-15-29-46-47(45)42-24-11-10-23-41(42)43-26-14-25-40(48(43)50-46)37-20-8-3-9-21-37/h1-33H. The van der Waals surface area contributed by atoms with E-state index >= 15 is 0 Å². The first-order chi connectivity index (χ1) is 24.8. The molecule has 1 aliphatic heterocycles. The van der Waals surface area contributed by atoms with E-state index in [1.54, 1.807) is 0 Å². The van der Waals surface area contributed by atoms with Crippen LogP contribution in [0.25, 0.3) is 55.6 Å². The summed E-state index contributed by atoms with van der Waals surface area (Å²) in [5.41, 5.74) is 14.5. The van der Waals surface area contributed by atoms with Gasteiger partial charge >= 0.3 is 0 Å². The second-order valence-electron chi connectivity index (χ2n) is 12.5. The van der Waals surface area contributed by atoms with Gasteiger partial charge in [0.25, 0.3) is 0 Å². The molecule has 0 unspecified atom stereocenters. The van der Waals surface area contributed by atoms with E-state index in [2.05, 4.69) is 205 Å². The van der Waals surface area contributed by atoms with Gasteiger partial charge in [-0.1, -0.05) is 170 Å². The van der Waals surface area contributed by atoms with E-state index in [1.165, 1.54) is 11.1 Å². The Labute approximate surface area is 293 Å². The number of hydrogen-bond acceptors (Lipinski definition) is 2. The lowest BCUT2D eigenvalue weighted by Gasteiger charge is -2.30. The summed E-state index contributed by atoms with van der Waals surface area (Å²) < 4.78 is 7.10. The maximum absolute atomic E-state index is 7.10. The molecule has 0 fully saturated rings. The van der Waals surface area contributed by atoms with Gasteiger partial charge in [-0.2, -0.15) is 0 Å². The fraction of sp³-hybridized carbons (Fsp3) is 0. The molecule has 0 aliphatic carbocycles. The highest BCUT2D eigenvalue weighted by Gasteiger charge is 2.28. The van der Waals surface area contributed by atoms with Crippen LogP contribution in [0.5, 0.6) is 11.5 Å². The zero-order chi connectivity index (χ0) is 33.3. The van der Waals surface area contributed by atoms with Gasteiger partial charge in [-0.05, 0) is 63.7 Å². The third-order valence-corrected chi connectivity index (χ3v) is 9.51. The zero-order valence-electron chi connectivity index (χ0n) is 27.4. The minimum absolute atomic E-state index is 0.820. The van der Waals surface area contributed by atoms with Crippen LogP contribution in [0.1, 0.15) is 0 Å². The number of rotatable bonds is 6. The Balaban J connectivity index is 1.30. The van der Waals surface area contributed by atoms with Gasteiger partial charge < -0.3 is 9.64 Å². The van der Waals surface area contributed by atoms with Gasteiger partial charge in [0.05, 0.1) is 11.4 Å². The van der Waals surface area contributed by atoms with E-state index < -0.39 is 0 Å². The average molecular weight is 640 g/mol. The summed E-state index contributed by atoms with van der Waals surface area (Å²) >= 11 is 0. The number of nitrogens with zero attached hydrogens (tertiary/aromatic N) is 1. The molecule has 9 rings (SSSR count). The SMILES string of the molecule is c1ccc(-c2ccc(N(c3ccccc3-c3ccccc3)c3cccc4c3-c3ccccc3-c3cccc(-c5ccccc5)c3O4)cc2)cc1. The first-order valence-corrected chi connectivity index (χ1v) is 17.0. The van der Waals surface area contributed by atoms with E-state index in [0.717, 1.165) is 73.1 Å². The van der Waals surface area contributed by atoms with Crippen molar-refractivity contribution in [3.8, 4) is 67.1 Å². The highest BCUT2D eigenvalue weighted by atomic mass is 16.5. The summed E-state index contributed by atoms with van der Waals surface area (Å²) in [5.74, 6) is 1.69. The smallest absolute Gasteiger partial charge is 0.143 e. The Kier molecular flexibility index (Phi) is 7.53. The quantitative estimate of drug-likeness (QED) is 0.179. The molecule has 0 N–H and O–H groups in total. The van der Waals surface area contributed by atoms with Gasteiger partial charge in [0, 0.05) is 27.9 Å². The zero-order valence-corrected chi connectivity index (χ0v) is 27.4. The third-order valence-electron chi connectivity index (χ3n) is 9.51. The normalized spacial score (nSPS) is 11.4. The van der Waals surface area contributed by atoms with Gasteiger partial charge in [-0.15, -0.1) is 0 Å². The fourth-order valence-corrected chi connectivity index (χ4v) is 7.18. The molecule has 0 bridgehead atoms. The van der Waals surface area contributed by atoms with Gasteiger partial charge in [0.2, 0.25) is 0 Å². The van der Waals surface area contributed by atoms with Gasteiger partial charge in [-0.3, -0.25) is 0 Å². The minimum atomic E-state index is 0.820. The molecule has 50 heavy (non-hydrogen) atoms. The molecule has 0 amide bonds. The van der Waals surface area contributed by atoms with E-state index in [-0.39, 0.29) is 0 Å². The maximum atomic E-state index is 7.10. The van der Waals surface area contributed by atoms with Gasteiger partial charge in [-0.25, -0.2) is 0 Å². The first kappa shape index (κ1) is 29.5. The third kappa shape index (κ3) is 5.24. The minimum Gasteiger partial charge on any atom is -0.455 e. The van der Waals surface area contributed by atoms with Crippen molar-refractivity contribution in [3.63, 3.8) is 0 Å². The molecule has 1 aliphatic rings. The number of para-hydroxylation sites is 2. The van der Waals surface area contributed by atoms with Crippen LogP contribution in [-0.4, -0.2) is 0 Å². The van der Waals surface area contributed by atoms with E-state index in [4.69, 9.17) is 4.74 Å². The van der Waals surface area contributed by atoms with Crippen LogP contribution < -0.4 is 9.64 Å². The number of benzene rings is 8. The maximum Gasteiger partial charge on any atom is 0.143 e. The van der Waals surface area contributed by atoms with Crippen LogP contribution in [-0.2, 0) is 0 Å². The topological polar surface area (TPSA) is 12.5 Å². The van der Waals surface area contributed by atoms with Crippen molar-refractivity contribution in [1.29, 1.82) is 0 Å². The Morgan fingerprint density at radius 3 is 1.48 bits per heavy atom.